The smallest absolute Gasteiger partial charge is 0.242 e. The largest absolute Gasteiger partial charge is 0.390 e. The van der Waals surface area contributed by atoms with Gasteiger partial charge in [0.1, 0.15) is 18.0 Å². The Balaban J connectivity index is 1.75. The molecule has 0 aliphatic heterocycles. The average molecular weight is 650 g/mol. The van der Waals surface area contributed by atoms with E-state index >= 15 is 0 Å². The Morgan fingerprint density at radius 2 is 1.81 bits per heavy atom. The topological polar surface area (TPSA) is 148 Å². The molecule has 1 aromatic heterocycles. The molecule has 1 aliphatic rings. The van der Waals surface area contributed by atoms with Crippen LogP contribution in [0.15, 0.2) is 42.7 Å². The lowest BCUT2D eigenvalue weighted by Gasteiger charge is -2.34. The van der Waals surface area contributed by atoms with Crippen molar-refractivity contribution in [3.63, 3.8) is 0 Å². The summed E-state index contributed by atoms with van der Waals surface area (Å²) in [7, 11) is 1.71. The van der Waals surface area contributed by atoms with Crippen LogP contribution in [0.4, 0.5) is 0 Å². The van der Waals surface area contributed by atoms with Crippen molar-refractivity contribution in [3.8, 4) is 12.3 Å². The van der Waals surface area contributed by atoms with Crippen LogP contribution < -0.4 is 10.6 Å². The number of aliphatic hydroxyl groups excluding tert-OH is 2. The number of carbonyl (C=O) groups is 3. The molecule has 0 spiro atoms. The molecule has 1 heterocycles. The average Bonchev–Trinajstić information content (AvgIpc) is 3.59. The van der Waals surface area contributed by atoms with E-state index in [-0.39, 0.29) is 31.1 Å². The predicted molar refractivity (Wildman–Crippen MR) is 183 cm³/mol. The molecule has 2 aromatic rings. The third kappa shape index (κ3) is 13.2. The van der Waals surface area contributed by atoms with Gasteiger partial charge >= 0.3 is 0 Å². The molecule has 1 fully saturated rings. The van der Waals surface area contributed by atoms with Gasteiger partial charge in [0.25, 0.3) is 0 Å². The van der Waals surface area contributed by atoms with E-state index in [4.69, 9.17) is 6.42 Å². The Kier molecular flexibility index (Phi) is 16.0. The highest BCUT2D eigenvalue weighted by Gasteiger charge is 2.34. The van der Waals surface area contributed by atoms with E-state index in [1.165, 1.54) is 6.42 Å². The summed E-state index contributed by atoms with van der Waals surface area (Å²) in [6, 6.07) is 7.84. The fraction of sp³-hybridized carbons (Fsp3) is 0.622. The maximum absolute atomic E-state index is 13.9. The SMILES string of the molecule is C#CCC[C@H](NC(=O)[C@@H](CC(=O)N(C)CCc1ncc[nH]1)Cc1ccccc1)C(=O)N[C@@H](CC1CCCCC1)[C@@H](O)[C@@H](O)CC(C)C. The van der Waals surface area contributed by atoms with E-state index in [2.05, 4.69) is 26.5 Å². The van der Waals surface area contributed by atoms with E-state index in [0.717, 1.165) is 37.1 Å². The number of amides is 3. The second-order valence-corrected chi connectivity index (χ2v) is 13.5. The zero-order valence-electron chi connectivity index (χ0n) is 28.4. The van der Waals surface area contributed by atoms with Gasteiger partial charge in [0, 0.05) is 45.2 Å². The molecule has 10 nitrogen and oxygen atoms in total. The maximum atomic E-state index is 13.9. The molecule has 5 atom stereocenters. The molecule has 0 unspecified atom stereocenters. The van der Waals surface area contributed by atoms with Gasteiger partial charge in [-0.1, -0.05) is 76.3 Å². The number of aromatic amines is 1. The van der Waals surface area contributed by atoms with Crippen molar-refractivity contribution >= 4 is 17.7 Å². The number of aliphatic hydroxyl groups is 2. The standard InChI is InChI=1S/C37H55N5O5/c1-5-6-17-30(37(47)41-31(24-28-15-11-8-12-16-28)35(45)32(43)22-26(2)3)40-36(46)29(23-27-13-9-7-10-14-27)25-34(44)42(4)21-18-33-38-19-20-39-33/h1,7,9-10,13-14,19-20,26,28-32,35,43,45H,6,8,11-12,15-18,21-25H2,2-4H3,(H,38,39)(H,40,46)(H,41,47)/t29-,30+,31+,32+,35-/m1/s1. The van der Waals surface area contributed by atoms with Gasteiger partial charge in [-0.2, -0.15) is 0 Å². The highest BCUT2D eigenvalue weighted by molar-refractivity contribution is 5.91. The highest BCUT2D eigenvalue weighted by Crippen LogP contribution is 2.29. The summed E-state index contributed by atoms with van der Waals surface area (Å²) >= 11 is 0. The van der Waals surface area contributed by atoms with Crippen molar-refractivity contribution in [1.29, 1.82) is 0 Å². The second-order valence-electron chi connectivity index (χ2n) is 13.5. The molecule has 1 aromatic carbocycles. The van der Waals surface area contributed by atoms with Gasteiger partial charge in [-0.05, 0) is 43.1 Å². The fourth-order valence-corrected chi connectivity index (χ4v) is 6.38. The number of rotatable bonds is 19. The van der Waals surface area contributed by atoms with Crippen LogP contribution in [-0.4, -0.2) is 80.7 Å². The molecular formula is C37H55N5O5. The number of hydrogen-bond donors (Lipinski definition) is 5. The number of terminal acetylenes is 1. The summed E-state index contributed by atoms with van der Waals surface area (Å²) in [6.07, 6.45) is 14.5. The number of benzene rings is 1. The minimum absolute atomic E-state index is 0.0384. The van der Waals surface area contributed by atoms with Gasteiger partial charge in [0.15, 0.2) is 0 Å². The van der Waals surface area contributed by atoms with Crippen LogP contribution in [-0.2, 0) is 27.2 Å². The maximum Gasteiger partial charge on any atom is 0.242 e. The second kappa shape index (κ2) is 19.9. The number of nitrogens with one attached hydrogen (secondary N) is 3. The third-order valence-electron chi connectivity index (χ3n) is 9.15. The Labute approximate surface area is 280 Å². The molecule has 47 heavy (non-hydrogen) atoms. The van der Waals surface area contributed by atoms with Crippen LogP contribution in [0.3, 0.4) is 0 Å². The molecule has 1 saturated carbocycles. The van der Waals surface area contributed by atoms with Gasteiger partial charge in [-0.25, -0.2) is 4.98 Å². The van der Waals surface area contributed by atoms with E-state index in [0.29, 0.717) is 38.1 Å². The van der Waals surface area contributed by atoms with Crippen LogP contribution in [0.2, 0.25) is 0 Å². The minimum Gasteiger partial charge on any atom is -0.390 e. The van der Waals surface area contributed by atoms with Crippen molar-refractivity contribution in [2.75, 3.05) is 13.6 Å². The number of hydrogen-bond acceptors (Lipinski definition) is 6. The summed E-state index contributed by atoms with van der Waals surface area (Å²) in [5.41, 5.74) is 0.901. The quantitative estimate of drug-likeness (QED) is 0.146. The number of aromatic nitrogens is 2. The molecule has 3 rings (SSSR count). The molecule has 0 saturated heterocycles. The molecule has 10 heteroatoms. The molecule has 1 aliphatic carbocycles. The summed E-state index contributed by atoms with van der Waals surface area (Å²) < 4.78 is 0. The Morgan fingerprint density at radius 1 is 1.09 bits per heavy atom. The van der Waals surface area contributed by atoms with Gasteiger partial charge in [0.05, 0.1) is 18.1 Å². The Hall–Kier alpha value is -3.68. The van der Waals surface area contributed by atoms with Crippen molar-refractivity contribution in [3.05, 3.63) is 54.1 Å². The van der Waals surface area contributed by atoms with Crippen LogP contribution in [0, 0.1) is 30.1 Å². The van der Waals surface area contributed by atoms with Crippen molar-refractivity contribution in [2.24, 2.45) is 17.8 Å². The van der Waals surface area contributed by atoms with Crippen LogP contribution in [0.25, 0.3) is 0 Å². The lowest BCUT2D eigenvalue weighted by molar-refractivity contribution is -0.137. The van der Waals surface area contributed by atoms with Gasteiger partial charge < -0.3 is 30.7 Å². The van der Waals surface area contributed by atoms with E-state index < -0.39 is 42.0 Å². The minimum atomic E-state index is -1.15. The van der Waals surface area contributed by atoms with E-state index in [1.54, 1.807) is 24.3 Å². The summed E-state index contributed by atoms with van der Waals surface area (Å²) in [5.74, 6) is 2.05. The van der Waals surface area contributed by atoms with Crippen LogP contribution >= 0.6 is 0 Å². The van der Waals surface area contributed by atoms with Crippen molar-refractivity contribution < 1.29 is 24.6 Å². The first kappa shape index (κ1) is 37.8. The fourth-order valence-electron chi connectivity index (χ4n) is 6.38. The first-order chi connectivity index (χ1) is 22.6. The van der Waals surface area contributed by atoms with Gasteiger partial charge in [-0.15, -0.1) is 12.3 Å². The van der Waals surface area contributed by atoms with Crippen LogP contribution in [0.5, 0.6) is 0 Å². The molecule has 0 radical (unpaired) electrons. The zero-order valence-corrected chi connectivity index (χ0v) is 28.4. The predicted octanol–water partition coefficient (Wildman–Crippen LogP) is 3.78. The highest BCUT2D eigenvalue weighted by atomic mass is 16.3. The van der Waals surface area contributed by atoms with Crippen molar-refractivity contribution in [2.45, 2.75) is 115 Å². The third-order valence-corrected chi connectivity index (χ3v) is 9.15. The molecule has 0 bridgehead atoms. The number of likely N-dealkylation sites (N-methyl/N-ethyl adjacent to an activating group) is 1. The first-order valence-corrected chi connectivity index (χ1v) is 17.2. The zero-order chi connectivity index (χ0) is 34.2. The number of carbonyl (C=O) groups excluding carboxylic acids is 3. The molecule has 258 valence electrons. The number of H-pyrrole nitrogens is 1. The van der Waals surface area contributed by atoms with E-state index in [1.807, 2.05) is 44.2 Å². The molecule has 3 amide bonds. The summed E-state index contributed by atoms with van der Waals surface area (Å²) in [6.45, 7) is 4.39. The normalized spacial score (nSPS) is 16.8. The molecular weight excluding hydrogens is 594 g/mol. The number of imidazole rings is 1. The summed E-state index contributed by atoms with van der Waals surface area (Å²) in [4.78, 5) is 49.8. The Bertz CT molecular complexity index is 1260. The van der Waals surface area contributed by atoms with Gasteiger partial charge in [0.2, 0.25) is 17.7 Å². The summed E-state index contributed by atoms with van der Waals surface area (Å²) in [5, 5.41) is 27.9. The first-order valence-electron chi connectivity index (χ1n) is 17.2. The van der Waals surface area contributed by atoms with E-state index in [9.17, 15) is 24.6 Å². The van der Waals surface area contributed by atoms with Gasteiger partial charge in [-0.3, -0.25) is 14.4 Å². The lowest BCUT2D eigenvalue weighted by atomic mass is 9.82. The monoisotopic (exact) mass is 649 g/mol. The number of nitrogens with zero attached hydrogens (tertiary/aromatic N) is 2. The Morgan fingerprint density at radius 3 is 2.45 bits per heavy atom. The van der Waals surface area contributed by atoms with Crippen LogP contribution in [0.1, 0.15) is 89.4 Å². The lowest BCUT2D eigenvalue weighted by Crippen LogP contribution is -2.56. The van der Waals surface area contributed by atoms with Crippen molar-refractivity contribution in [1.82, 2.24) is 25.5 Å². The molecule has 5 N–H and O–H groups in total.